The highest BCUT2D eigenvalue weighted by Crippen LogP contribution is 2.36. The van der Waals surface area contributed by atoms with Gasteiger partial charge in [-0.1, -0.05) is 39.2 Å². The third-order valence-electron chi connectivity index (χ3n) is 5.21. The lowest BCUT2D eigenvalue weighted by atomic mass is 10.1. The first-order chi connectivity index (χ1) is 14.3. The molecule has 0 unspecified atom stereocenters. The Balaban J connectivity index is 1.26. The first-order valence-corrected chi connectivity index (χ1v) is 10.5. The van der Waals surface area contributed by atoms with Gasteiger partial charge in [-0.3, -0.25) is 4.90 Å². The predicted molar refractivity (Wildman–Crippen MR) is 112 cm³/mol. The van der Waals surface area contributed by atoms with Gasteiger partial charge in [-0.05, 0) is 40.3 Å². The molecule has 1 aromatic heterocycles. The van der Waals surface area contributed by atoms with Crippen LogP contribution in [-0.2, 0) is 6.54 Å². The van der Waals surface area contributed by atoms with Gasteiger partial charge < -0.3 is 14.4 Å². The molecule has 8 nitrogen and oxygen atoms in total. The van der Waals surface area contributed by atoms with Gasteiger partial charge in [0.15, 0.2) is 11.5 Å². The van der Waals surface area contributed by atoms with E-state index in [2.05, 4.69) is 47.3 Å². The molecule has 0 aliphatic carbocycles. The van der Waals surface area contributed by atoms with Gasteiger partial charge in [0.1, 0.15) is 13.2 Å². The summed E-state index contributed by atoms with van der Waals surface area (Å²) in [5.41, 5.74) is 2.17. The fourth-order valence-electron chi connectivity index (χ4n) is 3.69. The topological polar surface area (TPSA) is 68.5 Å². The minimum Gasteiger partial charge on any atom is -0.486 e. The first kappa shape index (κ1) is 18.4. The Bertz CT molecular complexity index is 988. The second kappa shape index (κ2) is 8.00. The van der Waals surface area contributed by atoms with E-state index in [0.717, 1.165) is 60.3 Å². The summed E-state index contributed by atoms with van der Waals surface area (Å²) in [5, 5.41) is 12.3. The van der Waals surface area contributed by atoms with Gasteiger partial charge in [0.25, 0.3) is 0 Å². The van der Waals surface area contributed by atoms with Gasteiger partial charge in [0, 0.05) is 37.2 Å². The van der Waals surface area contributed by atoms with Gasteiger partial charge in [-0.25, -0.2) is 0 Å². The van der Waals surface area contributed by atoms with Crippen molar-refractivity contribution in [2.75, 3.05) is 44.3 Å². The molecule has 9 heteroatoms. The second-order valence-corrected chi connectivity index (χ2v) is 7.93. The van der Waals surface area contributed by atoms with Crippen LogP contribution in [0.4, 0.5) is 5.95 Å². The molecule has 0 spiro atoms. The maximum absolute atomic E-state index is 5.73. The fourth-order valence-corrected chi connectivity index (χ4v) is 4.14. The summed E-state index contributed by atoms with van der Waals surface area (Å²) in [6.07, 6.45) is 0. The highest BCUT2D eigenvalue weighted by molar-refractivity contribution is 9.10. The molecule has 1 fully saturated rings. The minimum absolute atomic E-state index is 0.600. The number of piperazine rings is 1. The van der Waals surface area contributed by atoms with E-state index < -0.39 is 0 Å². The van der Waals surface area contributed by atoms with Crippen LogP contribution in [0.1, 0.15) is 5.56 Å². The maximum atomic E-state index is 5.73. The van der Waals surface area contributed by atoms with Crippen LogP contribution in [0.5, 0.6) is 11.5 Å². The lowest BCUT2D eigenvalue weighted by Crippen LogP contribution is -2.46. The molecule has 0 bridgehead atoms. The number of ether oxygens (including phenoxy) is 2. The van der Waals surface area contributed by atoms with Crippen molar-refractivity contribution in [3.05, 3.63) is 52.5 Å². The average molecular weight is 457 g/mol. The Morgan fingerprint density at radius 1 is 0.931 bits per heavy atom. The van der Waals surface area contributed by atoms with E-state index in [1.807, 2.05) is 36.4 Å². The Hall–Kier alpha value is -2.65. The molecule has 1 saturated heterocycles. The predicted octanol–water partition coefficient (Wildman–Crippen LogP) is 2.52. The number of anilines is 1. The Kier molecular flexibility index (Phi) is 5.07. The Labute approximate surface area is 177 Å². The van der Waals surface area contributed by atoms with Crippen molar-refractivity contribution in [2.24, 2.45) is 0 Å². The molecule has 0 N–H and O–H groups in total. The highest BCUT2D eigenvalue weighted by Gasteiger charge is 2.23. The molecular weight excluding hydrogens is 436 g/mol. The summed E-state index contributed by atoms with van der Waals surface area (Å²) < 4.78 is 14.2. The van der Waals surface area contributed by atoms with Gasteiger partial charge in [-0.2, -0.15) is 4.68 Å². The molecule has 0 saturated carbocycles. The molecule has 150 valence electrons. The number of fused-ring (bicyclic) bond motifs is 1. The molecule has 3 heterocycles. The van der Waals surface area contributed by atoms with Crippen molar-refractivity contribution < 1.29 is 9.47 Å². The maximum Gasteiger partial charge on any atom is 0.250 e. The SMILES string of the molecule is Brc1cc2c(cc1CN1CCN(c3nnnn3-c3ccccc3)CC1)OCCO2. The van der Waals surface area contributed by atoms with E-state index in [0.29, 0.717) is 13.2 Å². The molecule has 2 aliphatic heterocycles. The van der Waals surface area contributed by atoms with Crippen LogP contribution >= 0.6 is 15.9 Å². The lowest BCUT2D eigenvalue weighted by molar-refractivity contribution is 0.170. The van der Waals surface area contributed by atoms with Gasteiger partial charge in [0.2, 0.25) is 5.95 Å². The van der Waals surface area contributed by atoms with E-state index in [-0.39, 0.29) is 0 Å². The van der Waals surface area contributed by atoms with Crippen molar-refractivity contribution in [3.63, 3.8) is 0 Å². The van der Waals surface area contributed by atoms with Gasteiger partial charge in [-0.15, -0.1) is 0 Å². The number of rotatable bonds is 4. The van der Waals surface area contributed by atoms with E-state index in [4.69, 9.17) is 9.47 Å². The zero-order valence-electron chi connectivity index (χ0n) is 15.9. The largest absolute Gasteiger partial charge is 0.486 e. The van der Waals surface area contributed by atoms with Crippen LogP contribution in [0.15, 0.2) is 46.9 Å². The molecule has 29 heavy (non-hydrogen) atoms. The second-order valence-electron chi connectivity index (χ2n) is 7.08. The monoisotopic (exact) mass is 456 g/mol. The number of hydrogen-bond acceptors (Lipinski definition) is 7. The summed E-state index contributed by atoms with van der Waals surface area (Å²) >= 11 is 3.68. The van der Waals surface area contributed by atoms with Crippen LogP contribution in [-0.4, -0.2) is 64.5 Å². The lowest BCUT2D eigenvalue weighted by Gasteiger charge is -2.35. The molecular formula is C20H21BrN6O2. The Morgan fingerprint density at radius 2 is 1.66 bits per heavy atom. The molecule has 2 aromatic carbocycles. The van der Waals surface area contributed by atoms with Crippen LogP contribution in [0.3, 0.4) is 0 Å². The Morgan fingerprint density at radius 3 is 2.41 bits per heavy atom. The molecule has 2 aliphatic rings. The van der Waals surface area contributed by atoms with Crippen LogP contribution in [0, 0.1) is 0 Å². The third kappa shape index (κ3) is 3.79. The van der Waals surface area contributed by atoms with E-state index in [9.17, 15) is 0 Å². The summed E-state index contributed by atoms with van der Waals surface area (Å²) in [5.74, 6) is 2.43. The van der Waals surface area contributed by atoms with E-state index in [1.165, 1.54) is 5.56 Å². The van der Waals surface area contributed by atoms with Crippen LogP contribution < -0.4 is 14.4 Å². The normalized spacial score (nSPS) is 16.8. The minimum atomic E-state index is 0.600. The third-order valence-corrected chi connectivity index (χ3v) is 5.95. The van der Waals surface area contributed by atoms with Crippen LogP contribution in [0.25, 0.3) is 5.69 Å². The highest BCUT2D eigenvalue weighted by atomic mass is 79.9. The number of tetrazole rings is 1. The van der Waals surface area contributed by atoms with Crippen molar-refractivity contribution in [1.29, 1.82) is 0 Å². The number of para-hydroxylation sites is 1. The number of aromatic nitrogens is 4. The fraction of sp³-hybridized carbons (Fsp3) is 0.350. The summed E-state index contributed by atoms with van der Waals surface area (Å²) in [7, 11) is 0. The van der Waals surface area contributed by atoms with Crippen molar-refractivity contribution in [1.82, 2.24) is 25.1 Å². The molecule has 0 atom stereocenters. The quantitative estimate of drug-likeness (QED) is 0.597. The number of halogens is 1. The molecule has 0 radical (unpaired) electrons. The zero-order chi connectivity index (χ0) is 19.6. The zero-order valence-corrected chi connectivity index (χ0v) is 17.5. The molecule has 5 rings (SSSR count). The van der Waals surface area contributed by atoms with Crippen molar-refractivity contribution in [2.45, 2.75) is 6.54 Å². The number of hydrogen-bond donors (Lipinski definition) is 0. The van der Waals surface area contributed by atoms with Gasteiger partial charge >= 0.3 is 0 Å². The first-order valence-electron chi connectivity index (χ1n) is 9.67. The van der Waals surface area contributed by atoms with Gasteiger partial charge in [0.05, 0.1) is 5.69 Å². The smallest absolute Gasteiger partial charge is 0.250 e. The standard InChI is InChI=1S/C20H21BrN6O2/c21-17-13-19-18(28-10-11-29-19)12-15(17)14-25-6-8-26(9-7-25)20-22-23-24-27(20)16-4-2-1-3-5-16/h1-5,12-13H,6-11,14H2. The van der Waals surface area contributed by atoms with Crippen molar-refractivity contribution >= 4 is 21.9 Å². The summed E-state index contributed by atoms with van der Waals surface area (Å²) in [6.45, 7) is 5.66. The van der Waals surface area contributed by atoms with E-state index >= 15 is 0 Å². The number of nitrogens with zero attached hydrogens (tertiary/aromatic N) is 6. The summed E-state index contributed by atoms with van der Waals surface area (Å²) in [4.78, 5) is 4.67. The average Bonchev–Trinajstić information content (AvgIpc) is 3.25. The van der Waals surface area contributed by atoms with E-state index in [1.54, 1.807) is 4.68 Å². The molecule has 0 amide bonds. The number of benzene rings is 2. The molecule has 3 aromatic rings. The van der Waals surface area contributed by atoms with Crippen LogP contribution in [0.2, 0.25) is 0 Å². The summed E-state index contributed by atoms with van der Waals surface area (Å²) in [6, 6.07) is 14.1. The van der Waals surface area contributed by atoms with Crippen molar-refractivity contribution in [3.8, 4) is 17.2 Å².